The molecule has 1 aromatic carbocycles. The summed E-state index contributed by atoms with van der Waals surface area (Å²) in [7, 11) is 0. The van der Waals surface area contributed by atoms with Crippen LogP contribution in [0.5, 0.6) is 0 Å². The Morgan fingerprint density at radius 3 is 2.52 bits per heavy atom. The van der Waals surface area contributed by atoms with E-state index in [4.69, 9.17) is 5.73 Å². The van der Waals surface area contributed by atoms with Crippen molar-refractivity contribution in [3.05, 3.63) is 35.5 Å². The van der Waals surface area contributed by atoms with E-state index in [1.165, 1.54) is 26.0 Å². The lowest BCUT2D eigenvalue weighted by Crippen LogP contribution is -2.58. The van der Waals surface area contributed by atoms with Crippen LogP contribution in [-0.4, -0.2) is 57.9 Å². The number of amides is 1. The third kappa shape index (κ3) is 9.10. The van der Waals surface area contributed by atoms with Crippen molar-refractivity contribution in [1.82, 2.24) is 9.97 Å². The lowest BCUT2D eigenvalue weighted by Gasteiger charge is -2.46. The third-order valence-electron chi connectivity index (χ3n) is 8.00. The van der Waals surface area contributed by atoms with Crippen molar-refractivity contribution in [2.24, 2.45) is 17.6 Å². The number of nitriles is 1. The standard InChI is InChI=1S/C28H40FN7O2.C4H10/c1-17-8-9-22(12-24(17)36(20(4)37)11-10-27(5,6)38)33-25-21(13-30)14-32-26(34-25)35-15-18(2)28(7,29)23(16-35)19(3)31;1-3-4-2/h8-9,12,14,18-19,23,38H,10-11,15-16,31H2,1-7H3,(H,32,33,34);3-4H2,1-2H3. The molecule has 1 aliphatic heterocycles. The predicted molar refractivity (Wildman–Crippen MR) is 169 cm³/mol. The predicted octanol–water partition coefficient (Wildman–Crippen LogP) is 5.87. The van der Waals surface area contributed by atoms with Crippen LogP contribution in [0.4, 0.5) is 27.5 Å². The molecule has 4 atom stereocenters. The van der Waals surface area contributed by atoms with Crippen LogP contribution in [0.3, 0.4) is 0 Å². The van der Waals surface area contributed by atoms with Crippen molar-refractivity contribution in [3.63, 3.8) is 0 Å². The van der Waals surface area contributed by atoms with Gasteiger partial charge in [-0.15, -0.1) is 0 Å². The Balaban J connectivity index is 0.00000144. The van der Waals surface area contributed by atoms with Gasteiger partial charge in [0.15, 0.2) is 5.82 Å². The molecule has 1 fully saturated rings. The van der Waals surface area contributed by atoms with Crippen LogP contribution in [0.15, 0.2) is 24.4 Å². The Labute approximate surface area is 251 Å². The van der Waals surface area contributed by atoms with Crippen molar-refractivity contribution >= 4 is 29.0 Å². The van der Waals surface area contributed by atoms with E-state index in [9.17, 15) is 15.2 Å². The number of benzene rings is 1. The average molecular weight is 584 g/mol. The second-order valence-electron chi connectivity index (χ2n) is 12.3. The maximum Gasteiger partial charge on any atom is 0.227 e. The number of nitrogens with one attached hydrogen (secondary N) is 1. The van der Waals surface area contributed by atoms with Gasteiger partial charge in [0.25, 0.3) is 0 Å². The first-order valence-corrected chi connectivity index (χ1v) is 14.9. The highest BCUT2D eigenvalue weighted by Gasteiger charge is 2.47. The maximum atomic E-state index is 15.4. The van der Waals surface area contributed by atoms with Crippen LogP contribution >= 0.6 is 0 Å². The van der Waals surface area contributed by atoms with Crippen molar-refractivity contribution < 1.29 is 14.3 Å². The van der Waals surface area contributed by atoms with Gasteiger partial charge in [-0.25, -0.2) is 9.37 Å². The highest BCUT2D eigenvalue weighted by Crippen LogP contribution is 2.39. The van der Waals surface area contributed by atoms with Gasteiger partial charge in [-0.3, -0.25) is 4.79 Å². The summed E-state index contributed by atoms with van der Waals surface area (Å²) in [6.07, 6.45) is 4.51. The summed E-state index contributed by atoms with van der Waals surface area (Å²) >= 11 is 0. The van der Waals surface area contributed by atoms with Crippen molar-refractivity contribution in [3.8, 4) is 6.07 Å². The Morgan fingerprint density at radius 1 is 1.36 bits per heavy atom. The molecule has 2 aromatic rings. The number of aryl methyl sites for hydroxylation is 1. The van der Waals surface area contributed by atoms with Gasteiger partial charge in [-0.2, -0.15) is 10.2 Å². The fourth-order valence-electron chi connectivity index (χ4n) is 4.86. The van der Waals surface area contributed by atoms with E-state index in [0.29, 0.717) is 49.2 Å². The van der Waals surface area contributed by atoms with Gasteiger partial charge in [0, 0.05) is 55.8 Å². The Morgan fingerprint density at radius 2 is 2.00 bits per heavy atom. The van der Waals surface area contributed by atoms with Gasteiger partial charge in [-0.05, 0) is 58.7 Å². The number of piperidine rings is 1. The number of carbonyl (C=O) groups excluding carboxylic acids is 1. The summed E-state index contributed by atoms with van der Waals surface area (Å²) in [6, 6.07) is 7.33. The van der Waals surface area contributed by atoms with Gasteiger partial charge in [-0.1, -0.05) is 39.7 Å². The molecule has 2 heterocycles. The highest BCUT2D eigenvalue weighted by atomic mass is 19.1. The first-order chi connectivity index (χ1) is 19.5. The molecule has 0 spiro atoms. The quantitative estimate of drug-likeness (QED) is 0.334. The molecule has 1 aromatic heterocycles. The van der Waals surface area contributed by atoms with Gasteiger partial charge in [0.2, 0.25) is 11.9 Å². The molecule has 0 radical (unpaired) electrons. The Bertz CT molecular complexity index is 1230. The maximum absolute atomic E-state index is 15.4. The van der Waals surface area contributed by atoms with Gasteiger partial charge >= 0.3 is 0 Å². The van der Waals surface area contributed by atoms with E-state index >= 15 is 4.39 Å². The second kappa shape index (κ2) is 14.7. The van der Waals surface area contributed by atoms with Gasteiger partial charge < -0.3 is 26.0 Å². The lowest BCUT2D eigenvalue weighted by atomic mass is 9.74. The van der Waals surface area contributed by atoms with Gasteiger partial charge in [0.05, 0.1) is 11.8 Å². The third-order valence-corrected chi connectivity index (χ3v) is 8.00. The first-order valence-electron chi connectivity index (χ1n) is 14.9. The number of rotatable bonds is 9. The minimum absolute atomic E-state index is 0.140. The summed E-state index contributed by atoms with van der Waals surface area (Å²) in [5, 5.41) is 23.1. The topological polar surface area (TPSA) is 131 Å². The molecular formula is C32H50FN7O2. The van der Waals surface area contributed by atoms with Crippen molar-refractivity contribution in [1.29, 1.82) is 5.26 Å². The van der Waals surface area contributed by atoms with Crippen LogP contribution < -0.4 is 20.9 Å². The van der Waals surface area contributed by atoms with Gasteiger partial charge in [0.1, 0.15) is 17.3 Å². The largest absolute Gasteiger partial charge is 0.390 e. The average Bonchev–Trinajstić information content (AvgIpc) is 2.91. The molecule has 3 rings (SSSR count). The molecule has 1 saturated heterocycles. The van der Waals surface area contributed by atoms with Crippen LogP contribution in [-0.2, 0) is 4.79 Å². The highest BCUT2D eigenvalue weighted by molar-refractivity contribution is 5.93. The number of nitrogens with two attached hydrogens (primary N) is 1. The van der Waals surface area contributed by atoms with Crippen LogP contribution in [0.2, 0.25) is 0 Å². The molecule has 4 N–H and O–H groups in total. The SMILES string of the molecule is CC(=O)N(CCC(C)(C)O)c1cc(Nc2nc(N3CC(C)C(C)(F)C(C(C)N)C3)ncc2C#N)ccc1C.CCCC. The number of aromatic nitrogens is 2. The molecule has 42 heavy (non-hydrogen) atoms. The first kappa shape index (κ1) is 34.9. The fraction of sp³-hybridized carbons (Fsp3) is 0.625. The summed E-state index contributed by atoms with van der Waals surface area (Å²) < 4.78 is 15.4. The summed E-state index contributed by atoms with van der Waals surface area (Å²) in [6.45, 7) is 17.6. The van der Waals surface area contributed by atoms with E-state index in [1.54, 1.807) is 25.7 Å². The van der Waals surface area contributed by atoms with E-state index in [-0.39, 0.29) is 23.4 Å². The van der Waals surface area contributed by atoms with Crippen molar-refractivity contribution in [2.75, 3.05) is 34.8 Å². The molecular weight excluding hydrogens is 533 g/mol. The zero-order chi connectivity index (χ0) is 31.8. The second-order valence-corrected chi connectivity index (χ2v) is 12.3. The Kier molecular flexibility index (Phi) is 12.3. The molecule has 0 bridgehead atoms. The minimum Gasteiger partial charge on any atom is -0.390 e. The number of aliphatic hydroxyl groups is 1. The number of alkyl halides is 1. The number of halogens is 1. The van der Waals surface area contributed by atoms with Crippen LogP contribution in [0, 0.1) is 30.1 Å². The zero-order valence-corrected chi connectivity index (χ0v) is 26.8. The number of anilines is 4. The summed E-state index contributed by atoms with van der Waals surface area (Å²) in [5.41, 5.74) is 6.29. The summed E-state index contributed by atoms with van der Waals surface area (Å²) in [4.78, 5) is 25.1. The molecule has 1 amide bonds. The number of carbonyl (C=O) groups is 1. The molecule has 10 heteroatoms. The number of hydrogen-bond acceptors (Lipinski definition) is 8. The normalized spacial score (nSPS) is 21.1. The molecule has 9 nitrogen and oxygen atoms in total. The Hall–Kier alpha value is -3.29. The fourth-order valence-corrected chi connectivity index (χ4v) is 4.86. The van der Waals surface area contributed by atoms with E-state index in [1.807, 2.05) is 43.9 Å². The molecule has 0 saturated carbocycles. The monoisotopic (exact) mass is 583 g/mol. The number of nitrogens with zero attached hydrogens (tertiary/aromatic N) is 5. The molecule has 4 unspecified atom stereocenters. The van der Waals surface area contributed by atoms with Crippen molar-refractivity contribution in [2.45, 2.75) is 98.9 Å². The van der Waals surface area contributed by atoms with E-state index in [0.717, 1.165) is 5.56 Å². The lowest BCUT2D eigenvalue weighted by molar-refractivity contribution is -0.116. The number of unbranched alkanes of at least 4 members (excludes halogenated alkanes) is 1. The van der Waals surface area contributed by atoms with Crippen LogP contribution in [0.25, 0.3) is 0 Å². The smallest absolute Gasteiger partial charge is 0.227 e. The van der Waals surface area contributed by atoms with E-state index in [2.05, 4.69) is 35.2 Å². The minimum atomic E-state index is -1.41. The zero-order valence-electron chi connectivity index (χ0n) is 26.8. The summed E-state index contributed by atoms with van der Waals surface area (Å²) in [5.74, 6) is -0.120. The molecule has 232 valence electrons. The van der Waals surface area contributed by atoms with Crippen LogP contribution in [0.1, 0.15) is 85.8 Å². The number of hydrogen-bond donors (Lipinski definition) is 3. The molecule has 1 aliphatic rings. The van der Waals surface area contributed by atoms with E-state index < -0.39 is 17.2 Å². The molecule has 0 aliphatic carbocycles.